The molecule has 0 radical (unpaired) electrons. The first-order valence-electron chi connectivity index (χ1n) is 8.29. The fraction of sp³-hybridized carbons (Fsp3) is 0.316. The molecule has 0 amide bonds. The highest BCUT2D eigenvalue weighted by Gasteiger charge is 2.06. The minimum Gasteiger partial charge on any atom is -0.497 e. The molecule has 3 N–H and O–H groups in total. The highest BCUT2D eigenvalue weighted by atomic mass is 127. The van der Waals surface area contributed by atoms with Crippen molar-refractivity contribution in [3.8, 4) is 17.2 Å². The third-order valence-electron chi connectivity index (χ3n) is 3.59. The summed E-state index contributed by atoms with van der Waals surface area (Å²) in [6.07, 6.45) is 1.63. The zero-order valence-corrected chi connectivity index (χ0v) is 17.7. The van der Waals surface area contributed by atoms with Gasteiger partial charge >= 0.3 is 0 Å². The number of methoxy groups -OCH3 is 2. The summed E-state index contributed by atoms with van der Waals surface area (Å²) in [4.78, 5) is 4.29. The second-order valence-corrected chi connectivity index (χ2v) is 5.47. The van der Waals surface area contributed by atoms with Gasteiger partial charge in [-0.1, -0.05) is 0 Å². The number of guanidine groups is 1. The Labute approximate surface area is 175 Å². The molecule has 2 rings (SSSR count). The molecule has 148 valence electrons. The van der Waals surface area contributed by atoms with Crippen LogP contribution in [0.25, 0.3) is 0 Å². The number of unbranched alkanes of at least 4 members (excludes halogenated alkanes) is 1. The molecule has 0 aromatic heterocycles. The molecule has 0 heterocycles. The van der Waals surface area contributed by atoms with Crippen molar-refractivity contribution in [2.45, 2.75) is 12.8 Å². The summed E-state index contributed by atoms with van der Waals surface area (Å²) >= 11 is 0. The SMILES string of the molecule is COc1ccc(OC)c(NC(N)=NCCCCOc2ccc(F)cc2)c1.I. The summed E-state index contributed by atoms with van der Waals surface area (Å²) in [6, 6.07) is 11.4. The molecule has 27 heavy (non-hydrogen) atoms. The molecule has 0 saturated carbocycles. The molecule has 0 atom stereocenters. The number of ether oxygens (including phenoxy) is 3. The number of nitrogens with two attached hydrogens (primary N) is 1. The minimum atomic E-state index is -0.276. The van der Waals surface area contributed by atoms with E-state index in [1.807, 2.05) is 0 Å². The van der Waals surface area contributed by atoms with Gasteiger partial charge in [-0.15, -0.1) is 24.0 Å². The Bertz CT molecular complexity index is 727. The van der Waals surface area contributed by atoms with Crippen LogP contribution in [0.5, 0.6) is 17.2 Å². The molecule has 6 nitrogen and oxygen atoms in total. The van der Waals surface area contributed by atoms with Crippen molar-refractivity contribution >= 4 is 35.6 Å². The normalized spacial score (nSPS) is 10.7. The minimum absolute atomic E-state index is 0. The van der Waals surface area contributed by atoms with Crippen LogP contribution in [0.4, 0.5) is 10.1 Å². The Morgan fingerprint density at radius 3 is 2.41 bits per heavy atom. The first-order chi connectivity index (χ1) is 12.6. The molecule has 0 aliphatic carbocycles. The lowest BCUT2D eigenvalue weighted by Crippen LogP contribution is -2.23. The molecular weight excluding hydrogens is 464 g/mol. The Hall–Kier alpha value is -2.23. The molecule has 0 unspecified atom stereocenters. The van der Waals surface area contributed by atoms with Crippen molar-refractivity contribution in [3.63, 3.8) is 0 Å². The fourth-order valence-corrected chi connectivity index (χ4v) is 2.22. The molecule has 0 saturated heterocycles. The predicted molar refractivity (Wildman–Crippen MR) is 116 cm³/mol. The largest absolute Gasteiger partial charge is 0.497 e. The highest BCUT2D eigenvalue weighted by Crippen LogP contribution is 2.28. The number of benzene rings is 2. The summed E-state index contributed by atoms with van der Waals surface area (Å²) in [5, 5.41) is 3.01. The van der Waals surface area contributed by atoms with Crippen molar-refractivity contribution < 1.29 is 18.6 Å². The first-order valence-corrected chi connectivity index (χ1v) is 8.29. The number of anilines is 1. The van der Waals surface area contributed by atoms with E-state index in [1.165, 1.54) is 12.1 Å². The number of nitrogens with zero attached hydrogens (tertiary/aromatic N) is 1. The van der Waals surface area contributed by atoms with Crippen LogP contribution in [0, 0.1) is 5.82 Å². The average molecular weight is 489 g/mol. The second kappa shape index (κ2) is 12.2. The van der Waals surface area contributed by atoms with Crippen LogP contribution < -0.4 is 25.3 Å². The topological polar surface area (TPSA) is 78.1 Å². The van der Waals surface area contributed by atoms with Gasteiger partial charge in [0.1, 0.15) is 23.1 Å². The molecule has 0 fully saturated rings. The van der Waals surface area contributed by atoms with E-state index in [-0.39, 0.29) is 29.8 Å². The van der Waals surface area contributed by atoms with Gasteiger partial charge in [-0.05, 0) is 49.2 Å². The molecule has 0 aliphatic rings. The maximum absolute atomic E-state index is 12.8. The third kappa shape index (κ3) is 7.90. The van der Waals surface area contributed by atoms with Gasteiger partial charge < -0.3 is 25.3 Å². The maximum Gasteiger partial charge on any atom is 0.193 e. The lowest BCUT2D eigenvalue weighted by Gasteiger charge is -2.12. The Morgan fingerprint density at radius 2 is 1.74 bits per heavy atom. The Balaban J connectivity index is 0.00000364. The quantitative estimate of drug-likeness (QED) is 0.241. The van der Waals surface area contributed by atoms with E-state index in [0.29, 0.717) is 42.0 Å². The van der Waals surface area contributed by atoms with E-state index in [0.717, 1.165) is 12.8 Å². The molecule has 2 aromatic rings. The molecule has 2 aromatic carbocycles. The van der Waals surface area contributed by atoms with E-state index in [9.17, 15) is 4.39 Å². The molecule has 0 aliphatic heterocycles. The van der Waals surface area contributed by atoms with Gasteiger partial charge in [0, 0.05) is 12.6 Å². The van der Waals surface area contributed by atoms with Gasteiger partial charge in [-0.2, -0.15) is 0 Å². The van der Waals surface area contributed by atoms with E-state index < -0.39 is 0 Å². The summed E-state index contributed by atoms with van der Waals surface area (Å²) in [5.74, 6) is 2.02. The fourth-order valence-electron chi connectivity index (χ4n) is 2.22. The zero-order chi connectivity index (χ0) is 18.8. The van der Waals surface area contributed by atoms with Crippen LogP contribution in [-0.4, -0.2) is 33.3 Å². The van der Waals surface area contributed by atoms with Crippen LogP contribution in [0.15, 0.2) is 47.5 Å². The van der Waals surface area contributed by atoms with Gasteiger partial charge in [-0.3, -0.25) is 4.99 Å². The van der Waals surface area contributed by atoms with Crippen molar-refractivity contribution in [3.05, 3.63) is 48.3 Å². The number of hydrogen-bond donors (Lipinski definition) is 2. The van der Waals surface area contributed by atoms with Gasteiger partial charge in [0.25, 0.3) is 0 Å². The highest BCUT2D eigenvalue weighted by molar-refractivity contribution is 14.0. The van der Waals surface area contributed by atoms with Crippen LogP contribution in [0.3, 0.4) is 0 Å². The lowest BCUT2D eigenvalue weighted by atomic mass is 10.2. The molecule has 0 spiro atoms. The summed E-state index contributed by atoms with van der Waals surface area (Å²) < 4.78 is 28.8. The van der Waals surface area contributed by atoms with Crippen molar-refractivity contribution in [1.82, 2.24) is 0 Å². The number of aliphatic imine (C=N–C) groups is 1. The summed E-state index contributed by atoms with van der Waals surface area (Å²) in [6.45, 7) is 1.11. The van der Waals surface area contributed by atoms with Gasteiger partial charge in [0.15, 0.2) is 5.96 Å². The molecular formula is C19H25FIN3O3. The molecule has 8 heteroatoms. The monoisotopic (exact) mass is 489 g/mol. The maximum atomic E-state index is 12.8. The van der Waals surface area contributed by atoms with Gasteiger partial charge in [0.05, 0.1) is 26.5 Å². The van der Waals surface area contributed by atoms with Crippen LogP contribution >= 0.6 is 24.0 Å². The van der Waals surface area contributed by atoms with E-state index in [1.54, 1.807) is 44.6 Å². The van der Waals surface area contributed by atoms with E-state index >= 15 is 0 Å². The third-order valence-corrected chi connectivity index (χ3v) is 3.59. The second-order valence-electron chi connectivity index (χ2n) is 5.47. The molecule has 0 bridgehead atoms. The van der Waals surface area contributed by atoms with Gasteiger partial charge in [0.2, 0.25) is 0 Å². The first kappa shape index (κ1) is 22.8. The van der Waals surface area contributed by atoms with Gasteiger partial charge in [-0.25, -0.2) is 4.39 Å². The van der Waals surface area contributed by atoms with Crippen molar-refractivity contribution in [2.75, 3.05) is 32.7 Å². The predicted octanol–water partition coefficient (Wildman–Crippen LogP) is 4.05. The average Bonchev–Trinajstić information content (AvgIpc) is 2.65. The van der Waals surface area contributed by atoms with Crippen molar-refractivity contribution in [1.29, 1.82) is 0 Å². The number of rotatable bonds is 9. The number of hydrogen-bond acceptors (Lipinski definition) is 4. The van der Waals surface area contributed by atoms with E-state index in [4.69, 9.17) is 19.9 Å². The summed E-state index contributed by atoms with van der Waals surface area (Å²) in [7, 11) is 3.18. The van der Waals surface area contributed by atoms with Crippen molar-refractivity contribution in [2.24, 2.45) is 10.7 Å². The van der Waals surface area contributed by atoms with Crippen LogP contribution in [0.1, 0.15) is 12.8 Å². The number of halogens is 2. The Kier molecular flexibility index (Phi) is 10.3. The van der Waals surface area contributed by atoms with Crippen LogP contribution in [-0.2, 0) is 0 Å². The number of nitrogens with one attached hydrogen (secondary N) is 1. The van der Waals surface area contributed by atoms with Crippen LogP contribution in [0.2, 0.25) is 0 Å². The lowest BCUT2D eigenvalue weighted by molar-refractivity contribution is 0.307. The zero-order valence-electron chi connectivity index (χ0n) is 15.4. The smallest absolute Gasteiger partial charge is 0.193 e. The summed E-state index contributed by atoms with van der Waals surface area (Å²) in [5.41, 5.74) is 6.60. The standard InChI is InChI=1S/C19H24FN3O3.HI/c1-24-16-9-10-18(25-2)17(13-16)23-19(21)22-11-3-4-12-26-15-7-5-14(20)6-8-15;/h5-10,13H,3-4,11-12H2,1-2H3,(H3,21,22,23);1H. The van der Waals surface area contributed by atoms with E-state index in [2.05, 4.69) is 10.3 Å². The Morgan fingerprint density at radius 1 is 1.04 bits per heavy atom.